The Balaban J connectivity index is 2.26. The Bertz CT molecular complexity index is 928. The van der Waals surface area contributed by atoms with Crippen LogP contribution in [0.1, 0.15) is 31.9 Å². The molecule has 0 radical (unpaired) electrons. The fraction of sp³-hybridized carbons (Fsp3) is 0.263. The van der Waals surface area contributed by atoms with Crippen LogP contribution in [0.2, 0.25) is 5.02 Å². The van der Waals surface area contributed by atoms with E-state index < -0.39 is 15.6 Å². The number of sulfonamides is 1. The predicted octanol–water partition coefficient (Wildman–Crippen LogP) is 5.04. The summed E-state index contributed by atoms with van der Waals surface area (Å²) in [5.74, 6) is 0. The second-order valence-corrected chi connectivity index (χ2v) is 8.95. The van der Waals surface area contributed by atoms with Crippen LogP contribution in [-0.4, -0.2) is 14.0 Å². The van der Waals surface area contributed by atoms with Crippen LogP contribution in [0.3, 0.4) is 0 Å². The zero-order valence-electron chi connectivity index (χ0n) is 14.2. The van der Waals surface area contributed by atoms with Crippen molar-refractivity contribution in [3.8, 4) is 0 Å². The molecule has 0 bridgehead atoms. The number of halogens is 1. The largest absolute Gasteiger partial charge is 0.265 e. The van der Waals surface area contributed by atoms with E-state index in [1.807, 2.05) is 52.0 Å². The lowest BCUT2D eigenvalue weighted by Gasteiger charge is -2.42. The number of allylic oxidation sites excluding steroid dienone is 1. The fourth-order valence-corrected chi connectivity index (χ4v) is 5.18. The number of benzene rings is 2. The van der Waals surface area contributed by atoms with E-state index in [4.69, 9.17) is 11.6 Å². The first kappa shape index (κ1) is 17.1. The van der Waals surface area contributed by atoms with Crippen LogP contribution >= 0.6 is 11.6 Å². The van der Waals surface area contributed by atoms with Crippen molar-refractivity contribution in [3.63, 3.8) is 0 Å². The van der Waals surface area contributed by atoms with Crippen LogP contribution < -0.4 is 4.31 Å². The molecule has 0 unspecified atom stereocenters. The summed E-state index contributed by atoms with van der Waals surface area (Å²) in [7, 11) is -3.71. The van der Waals surface area contributed by atoms with Crippen molar-refractivity contribution < 1.29 is 8.42 Å². The minimum atomic E-state index is -3.71. The molecule has 0 aromatic heterocycles. The van der Waals surface area contributed by atoms with Gasteiger partial charge in [-0.05, 0) is 57.5 Å². The maximum absolute atomic E-state index is 13.3. The number of nitrogens with zero attached hydrogens (tertiary/aromatic N) is 1. The Morgan fingerprint density at radius 1 is 1.00 bits per heavy atom. The third-order valence-electron chi connectivity index (χ3n) is 4.26. The quantitative estimate of drug-likeness (QED) is 0.751. The number of hydrogen-bond acceptors (Lipinski definition) is 2. The highest BCUT2D eigenvalue weighted by Gasteiger charge is 2.40. The van der Waals surface area contributed by atoms with Crippen LogP contribution in [0.5, 0.6) is 0 Å². The average molecular weight is 362 g/mol. The molecular weight excluding hydrogens is 342 g/mol. The molecule has 0 aliphatic carbocycles. The van der Waals surface area contributed by atoms with E-state index >= 15 is 0 Å². The molecule has 0 N–H and O–H groups in total. The first-order chi connectivity index (χ1) is 11.1. The summed E-state index contributed by atoms with van der Waals surface area (Å²) in [6.45, 7) is 7.71. The fourth-order valence-electron chi connectivity index (χ4n) is 3.24. The lowest BCUT2D eigenvalue weighted by molar-refractivity contribution is 0.561. The molecule has 0 spiro atoms. The Hall–Kier alpha value is -1.78. The van der Waals surface area contributed by atoms with Gasteiger partial charge >= 0.3 is 0 Å². The molecule has 0 amide bonds. The molecule has 2 aromatic carbocycles. The summed E-state index contributed by atoms with van der Waals surface area (Å²) in [5.41, 5.74) is 2.88. The summed E-state index contributed by atoms with van der Waals surface area (Å²) in [4.78, 5) is 0.278. The van der Waals surface area contributed by atoms with Gasteiger partial charge in [-0.2, -0.15) is 0 Å². The topological polar surface area (TPSA) is 37.4 Å². The number of rotatable bonds is 2. The van der Waals surface area contributed by atoms with Gasteiger partial charge in [0.05, 0.1) is 16.1 Å². The van der Waals surface area contributed by atoms with Gasteiger partial charge in [0.1, 0.15) is 0 Å². The number of anilines is 1. The molecule has 3 nitrogen and oxygen atoms in total. The molecule has 2 aromatic rings. The average Bonchev–Trinajstić information content (AvgIpc) is 2.45. The van der Waals surface area contributed by atoms with Gasteiger partial charge in [-0.3, -0.25) is 4.31 Å². The zero-order chi connectivity index (χ0) is 17.7. The Kier molecular flexibility index (Phi) is 4.01. The summed E-state index contributed by atoms with van der Waals surface area (Å²) in [6.07, 6.45) is 1.98. The van der Waals surface area contributed by atoms with Crippen molar-refractivity contribution in [2.75, 3.05) is 4.31 Å². The van der Waals surface area contributed by atoms with Crippen molar-refractivity contribution in [2.45, 2.75) is 38.1 Å². The Morgan fingerprint density at radius 3 is 2.25 bits per heavy atom. The second-order valence-electron chi connectivity index (χ2n) is 6.72. The van der Waals surface area contributed by atoms with E-state index in [1.54, 1.807) is 24.3 Å². The molecule has 3 rings (SSSR count). The van der Waals surface area contributed by atoms with E-state index in [1.165, 1.54) is 4.31 Å². The number of hydrogen-bond donors (Lipinski definition) is 0. The van der Waals surface area contributed by atoms with E-state index in [-0.39, 0.29) is 4.90 Å². The van der Waals surface area contributed by atoms with Gasteiger partial charge in [0.15, 0.2) is 0 Å². The van der Waals surface area contributed by atoms with Crippen molar-refractivity contribution in [1.29, 1.82) is 0 Å². The van der Waals surface area contributed by atoms with Crippen LogP contribution in [0.25, 0.3) is 5.57 Å². The SMILES string of the molecule is CC1=CC(C)(C)N(S(=O)(=O)c2ccc(C)cc2)c2cc(Cl)ccc21. The molecule has 0 fully saturated rings. The highest BCUT2D eigenvalue weighted by atomic mass is 35.5. The van der Waals surface area contributed by atoms with E-state index in [9.17, 15) is 8.42 Å². The van der Waals surface area contributed by atoms with Gasteiger partial charge in [-0.25, -0.2) is 8.42 Å². The zero-order valence-corrected chi connectivity index (χ0v) is 15.7. The van der Waals surface area contributed by atoms with Crippen molar-refractivity contribution in [3.05, 3.63) is 64.7 Å². The number of fused-ring (bicyclic) bond motifs is 1. The molecular formula is C19H20ClNO2S. The third-order valence-corrected chi connectivity index (χ3v) is 6.51. The van der Waals surface area contributed by atoms with E-state index in [2.05, 4.69) is 0 Å². The Labute approximate surface area is 148 Å². The lowest BCUT2D eigenvalue weighted by atomic mass is 9.91. The summed E-state index contributed by atoms with van der Waals surface area (Å²) >= 11 is 6.16. The molecule has 1 aliphatic rings. The summed E-state index contributed by atoms with van der Waals surface area (Å²) in [6, 6.07) is 12.3. The van der Waals surface area contributed by atoms with Crippen molar-refractivity contribution in [2.24, 2.45) is 0 Å². The van der Waals surface area contributed by atoms with Gasteiger partial charge in [-0.1, -0.05) is 41.4 Å². The normalized spacial score (nSPS) is 16.5. The number of aryl methyl sites for hydroxylation is 1. The van der Waals surface area contributed by atoms with Gasteiger partial charge in [0.2, 0.25) is 0 Å². The first-order valence-corrected chi connectivity index (χ1v) is 9.56. The van der Waals surface area contributed by atoms with Crippen molar-refractivity contribution in [1.82, 2.24) is 0 Å². The van der Waals surface area contributed by atoms with Gasteiger partial charge < -0.3 is 0 Å². The molecule has 5 heteroatoms. The van der Waals surface area contributed by atoms with Crippen LogP contribution in [-0.2, 0) is 10.0 Å². The van der Waals surface area contributed by atoms with E-state index in [0.717, 1.165) is 16.7 Å². The summed E-state index contributed by atoms with van der Waals surface area (Å²) < 4.78 is 28.2. The molecule has 1 heterocycles. The first-order valence-electron chi connectivity index (χ1n) is 7.74. The third kappa shape index (κ3) is 2.74. The predicted molar refractivity (Wildman–Crippen MR) is 100 cm³/mol. The van der Waals surface area contributed by atoms with Gasteiger partial charge in [0.25, 0.3) is 10.0 Å². The van der Waals surface area contributed by atoms with E-state index in [0.29, 0.717) is 10.7 Å². The van der Waals surface area contributed by atoms with Crippen LogP contribution in [0.15, 0.2) is 53.4 Å². The van der Waals surface area contributed by atoms with Crippen molar-refractivity contribution >= 4 is 32.9 Å². The van der Waals surface area contributed by atoms with Crippen LogP contribution in [0.4, 0.5) is 5.69 Å². The molecule has 0 atom stereocenters. The smallest absolute Gasteiger partial charge is 0.256 e. The lowest BCUT2D eigenvalue weighted by Crippen LogP contribution is -2.48. The second kappa shape index (κ2) is 5.64. The highest BCUT2D eigenvalue weighted by Crippen LogP contribution is 2.43. The minimum Gasteiger partial charge on any atom is -0.256 e. The van der Waals surface area contributed by atoms with Gasteiger partial charge in [-0.15, -0.1) is 0 Å². The van der Waals surface area contributed by atoms with Crippen LogP contribution in [0, 0.1) is 6.92 Å². The van der Waals surface area contributed by atoms with Gasteiger partial charge in [0, 0.05) is 10.6 Å². The molecule has 24 heavy (non-hydrogen) atoms. The maximum Gasteiger partial charge on any atom is 0.265 e. The maximum atomic E-state index is 13.3. The minimum absolute atomic E-state index is 0.278. The highest BCUT2D eigenvalue weighted by molar-refractivity contribution is 7.93. The molecule has 126 valence electrons. The molecule has 1 aliphatic heterocycles. The summed E-state index contributed by atoms with van der Waals surface area (Å²) in [5, 5.41) is 0.517. The monoisotopic (exact) mass is 361 g/mol. The molecule has 0 saturated heterocycles. The standard InChI is InChI=1S/C19H20ClNO2S/c1-13-5-8-16(9-6-13)24(22,23)21-18-11-15(20)7-10-17(18)14(2)12-19(21,3)4/h5-12H,1-4H3. The Morgan fingerprint density at radius 2 is 1.62 bits per heavy atom. The molecule has 0 saturated carbocycles.